The predicted molar refractivity (Wildman–Crippen MR) is 65.2 cm³/mol. The summed E-state index contributed by atoms with van der Waals surface area (Å²) >= 11 is 0. The minimum Gasteiger partial charge on any atom is -0.343 e. The number of likely N-dealkylation sites (tertiary alicyclic amines) is 1. The standard InChI is InChI=1S/C13H24N2O/c1-11(12-5-4-6-14-10-12)9-13(16)15-7-2-3-8-15/h11-12,14H,2-10H2,1H3. The number of nitrogens with zero attached hydrogens (tertiary/aromatic N) is 1. The molecule has 2 aliphatic heterocycles. The van der Waals surface area contributed by atoms with E-state index < -0.39 is 0 Å². The van der Waals surface area contributed by atoms with Crippen LogP contribution in [0.1, 0.15) is 39.0 Å². The Morgan fingerprint density at radius 1 is 1.38 bits per heavy atom. The highest BCUT2D eigenvalue weighted by atomic mass is 16.2. The van der Waals surface area contributed by atoms with E-state index in [2.05, 4.69) is 12.2 Å². The Bertz CT molecular complexity index is 230. The number of nitrogens with one attached hydrogen (secondary N) is 1. The van der Waals surface area contributed by atoms with Crippen LogP contribution in [0.15, 0.2) is 0 Å². The molecule has 2 atom stereocenters. The van der Waals surface area contributed by atoms with Gasteiger partial charge in [-0.3, -0.25) is 4.79 Å². The average molecular weight is 224 g/mol. The molecule has 0 aliphatic carbocycles. The number of carbonyl (C=O) groups excluding carboxylic acids is 1. The van der Waals surface area contributed by atoms with Crippen molar-refractivity contribution in [1.82, 2.24) is 10.2 Å². The fraction of sp³-hybridized carbons (Fsp3) is 0.923. The summed E-state index contributed by atoms with van der Waals surface area (Å²) in [5.74, 6) is 1.64. The minimum atomic E-state index is 0.385. The molecule has 3 nitrogen and oxygen atoms in total. The van der Waals surface area contributed by atoms with Crippen molar-refractivity contribution in [2.45, 2.75) is 39.0 Å². The molecule has 0 spiro atoms. The van der Waals surface area contributed by atoms with Gasteiger partial charge in [-0.2, -0.15) is 0 Å². The summed E-state index contributed by atoms with van der Waals surface area (Å²) in [5, 5.41) is 3.43. The van der Waals surface area contributed by atoms with E-state index >= 15 is 0 Å². The van der Waals surface area contributed by atoms with Gasteiger partial charge in [0.1, 0.15) is 0 Å². The molecular formula is C13H24N2O. The summed E-state index contributed by atoms with van der Waals surface area (Å²) < 4.78 is 0. The molecule has 2 rings (SSSR count). The first-order valence-electron chi connectivity index (χ1n) is 6.76. The molecule has 3 heteroatoms. The summed E-state index contributed by atoms with van der Waals surface area (Å²) in [6.07, 6.45) is 5.72. The fourth-order valence-corrected chi connectivity index (χ4v) is 2.90. The van der Waals surface area contributed by atoms with Crippen LogP contribution in [-0.4, -0.2) is 37.0 Å². The third-order valence-corrected chi connectivity index (χ3v) is 4.10. The van der Waals surface area contributed by atoms with Crippen LogP contribution in [0.4, 0.5) is 0 Å². The molecule has 2 heterocycles. The summed E-state index contributed by atoms with van der Waals surface area (Å²) in [6, 6.07) is 0. The maximum absolute atomic E-state index is 12.0. The number of hydrogen-bond donors (Lipinski definition) is 1. The molecule has 2 unspecified atom stereocenters. The lowest BCUT2D eigenvalue weighted by atomic mass is 9.85. The second-order valence-corrected chi connectivity index (χ2v) is 5.38. The Morgan fingerprint density at radius 2 is 2.12 bits per heavy atom. The largest absolute Gasteiger partial charge is 0.343 e. The van der Waals surface area contributed by atoms with Crippen LogP contribution in [0.5, 0.6) is 0 Å². The van der Waals surface area contributed by atoms with E-state index in [1.54, 1.807) is 0 Å². The minimum absolute atomic E-state index is 0.385. The van der Waals surface area contributed by atoms with Crippen molar-refractivity contribution in [1.29, 1.82) is 0 Å². The summed E-state index contributed by atoms with van der Waals surface area (Å²) in [4.78, 5) is 14.1. The fourth-order valence-electron chi connectivity index (χ4n) is 2.90. The van der Waals surface area contributed by atoms with Crippen LogP contribution in [0.3, 0.4) is 0 Å². The first kappa shape index (κ1) is 11.9. The zero-order chi connectivity index (χ0) is 11.4. The predicted octanol–water partition coefficient (Wildman–Crippen LogP) is 1.63. The van der Waals surface area contributed by atoms with Gasteiger partial charge in [-0.1, -0.05) is 6.92 Å². The molecule has 2 saturated heterocycles. The molecule has 92 valence electrons. The number of hydrogen-bond acceptors (Lipinski definition) is 2. The van der Waals surface area contributed by atoms with Crippen molar-refractivity contribution in [2.24, 2.45) is 11.8 Å². The van der Waals surface area contributed by atoms with E-state index in [0.29, 0.717) is 17.7 Å². The molecule has 0 aromatic heterocycles. The highest BCUT2D eigenvalue weighted by molar-refractivity contribution is 5.76. The quantitative estimate of drug-likeness (QED) is 0.790. The van der Waals surface area contributed by atoms with Crippen molar-refractivity contribution in [3.63, 3.8) is 0 Å². The van der Waals surface area contributed by atoms with Crippen molar-refractivity contribution < 1.29 is 4.79 Å². The van der Waals surface area contributed by atoms with Crippen LogP contribution < -0.4 is 5.32 Å². The third kappa shape index (κ3) is 2.97. The highest BCUT2D eigenvalue weighted by Crippen LogP contribution is 2.23. The Labute approximate surface area is 98.6 Å². The lowest BCUT2D eigenvalue weighted by Crippen LogP contribution is -2.36. The number of amides is 1. The van der Waals surface area contributed by atoms with Gasteiger partial charge >= 0.3 is 0 Å². The van der Waals surface area contributed by atoms with Crippen molar-refractivity contribution >= 4 is 5.91 Å². The molecule has 0 aromatic rings. The van der Waals surface area contributed by atoms with Gasteiger partial charge in [-0.05, 0) is 50.6 Å². The zero-order valence-corrected chi connectivity index (χ0v) is 10.4. The van der Waals surface area contributed by atoms with Gasteiger partial charge in [0.25, 0.3) is 0 Å². The topological polar surface area (TPSA) is 32.3 Å². The Kier molecular flexibility index (Phi) is 4.22. The summed E-state index contributed by atoms with van der Waals surface area (Å²) in [7, 11) is 0. The number of piperidine rings is 1. The molecule has 0 radical (unpaired) electrons. The van der Waals surface area contributed by atoms with Crippen molar-refractivity contribution in [3.05, 3.63) is 0 Å². The smallest absolute Gasteiger partial charge is 0.222 e. The van der Waals surface area contributed by atoms with Crippen LogP contribution in [-0.2, 0) is 4.79 Å². The second-order valence-electron chi connectivity index (χ2n) is 5.38. The lowest BCUT2D eigenvalue weighted by Gasteiger charge is -2.29. The molecule has 1 amide bonds. The molecule has 2 fully saturated rings. The monoisotopic (exact) mass is 224 g/mol. The van der Waals surface area contributed by atoms with Gasteiger partial charge in [0.05, 0.1) is 0 Å². The molecule has 1 N–H and O–H groups in total. The van der Waals surface area contributed by atoms with E-state index in [4.69, 9.17) is 0 Å². The summed E-state index contributed by atoms with van der Waals surface area (Å²) in [6.45, 7) is 6.49. The lowest BCUT2D eigenvalue weighted by molar-refractivity contribution is -0.131. The molecule has 0 saturated carbocycles. The Hall–Kier alpha value is -0.570. The molecular weight excluding hydrogens is 200 g/mol. The third-order valence-electron chi connectivity index (χ3n) is 4.10. The first-order valence-corrected chi connectivity index (χ1v) is 6.76. The maximum Gasteiger partial charge on any atom is 0.222 e. The van der Waals surface area contributed by atoms with Crippen LogP contribution >= 0.6 is 0 Å². The van der Waals surface area contributed by atoms with E-state index in [1.165, 1.54) is 25.7 Å². The van der Waals surface area contributed by atoms with Gasteiger partial charge < -0.3 is 10.2 Å². The van der Waals surface area contributed by atoms with Crippen molar-refractivity contribution in [2.75, 3.05) is 26.2 Å². The zero-order valence-electron chi connectivity index (χ0n) is 10.4. The van der Waals surface area contributed by atoms with E-state index in [0.717, 1.165) is 32.6 Å². The molecule has 0 aromatic carbocycles. The molecule has 0 bridgehead atoms. The first-order chi connectivity index (χ1) is 7.77. The number of carbonyl (C=O) groups is 1. The average Bonchev–Trinajstić information content (AvgIpc) is 2.83. The Morgan fingerprint density at radius 3 is 2.75 bits per heavy atom. The molecule has 16 heavy (non-hydrogen) atoms. The normalized spacial score (nSPS) is 28.1. The van der Waals surface area contributed by atoms with Gasteiger partial charge in [0.2, 0.25) is 5.91 Å². The van der Waals surface area contributed by atoms with Gasteiger partial charge in [0, 0.05) is 19.5 Å². The van der Waals surface area contributed by atoms with Crippen LogP contribution in [0, 0.1) is 11.8 Å². The van der Waals surface area contributed by atoms with Gasteiger partial charge in [-0.25, -0.2) is 0 Å². The van der Waals surface area contributed by atoms with Crippen LogP contribution in [0.25, 0.3) is 0 Å². The van der Waals surface area contributed by atoms with Crippen LogP contribution in [0.2, 0.25) is 0 Å². The SMILES string of the molecule is CC(CC(=O)N1CCCC1)C1CCCNC1. The maximum atomic E-state index is 12.0. The highest BCUT2D eigenvalue weighted by Gasteiger charge is 2.25. The molecule has 2 aliphatic rings. The van der Waals surface area contributed by atoms with E-state index in [9.17, 15) is 4.79 Å². The Balaban J connectivity index is 1.76. The van der Waals surface area contributed by atoms with Gasteiger partial charge in [-0.15, -0.1) is 0 Å². The van der Waals surface area contributed by atoms with E-state index in [-0.39, 0.29) is 0 Å². The van der Waals surface area contributed by atoms with Crippen molar-refractivity contribution in [3.8, 4) is 0 Å². The second kappa shape index (κ2) is 5.67. The van der Waals surface area contributed by atoms with Gasteiger partial charge in [0.15, 0.2) is 0 Å². The summed E-state index contributed by atoms with van der Waals surface area (Å²) in [5.41, 5.74) is 0. The number of rotatable bonds is 3. The van der Waals surface area contributed by atoms with E-state index in [1.807, 2.05) is 4.90 Å².